The van der Waals surface area contributed by atoms with Crippen molar-refractivity contribution in [3.63, 3.8) is 0 Å². The van der Waals surface area contributed by atoms with Crippen molar-refractivity contribution in [2.45, 2.75) is 18.9 Å². The molecular weight excluding hydrogens is 274 g/mol. The number of carbonyl (C=O) groups is 1. The third-order valence-electron chi connectivity index (χ3n) is 2.30. The van der Waals surface area contributed by atoms with E-state index in [1.165, 1.54) is 6.07 Å². The first kappa shape index (κ1) is 13.0. The van der Waals surface area contributed by atoms with Crippen LogP contribution in [0.4, 0.5) is 5.69 Å². The fourth-order valence-corrected chi connectivity index (χ4v) is 1.69. The summed E-state index contributed by atoms with van der Waals surface area (Å²) in [5.41, 5.74) is 7.63. The maximum Gasteiger partial charge on any atom is 0.337 e. The number of aliphatic hydroxyl groups is 1. The lowest BCUT2D eigenvalue weighted by molar-refractivity contribution is -0.146. The lowest BCUT2D eigenvalue weighted by Crippen LogP contribution is -2.11. The number of aryl methyl sites for hydroxylation is 1. The van der Waals surface area contributed by atoms with Crippen LogP contribution in [0.15, 0.2) is 18.2 Å². The van der Waals surface area contributed by atoms with Gasteiger partial charge in [0.05, 0.1) is 0 Å². The summed E-state index contributed by atoms with van der Waals surface area (Å²) in [6.45, 7) is 0. The molecule has 0 aliphatic heterocycles. The van der Waals surface area contributed by atoms with Gasteiger partial charge in [-0.05, 0) is 30.0 Å². The summed E-state index contributed by atoms with van der Waals surface area (Å²) in [6.07, 6.45) is 0.192. The summed E-state index contributed by atoms with van der Waals surface area (Å²) in [5, 5.41) is 18.9. The van der Waals surface area contributed by atoms with E-state index in [9.17, 15) is 9.90 Å². The number of carboxylic acid groups (broad SMARTS) is 1. The Bertz CT molecular complexity index is 381. The molecule has 0 heterocycles. The second kappa shape index (κ2) is 5.86. The van der Waals surface area contributed by atoms with E-state index in [-0.39, 0.29) is 0 Å². The van der Waals surface area contributed by atoms with Crippen LogP contribution in [0.2, 0.25) is 0 Å². The third kappa shape index (κ3) is 3.21. The van der Waals surface area contributed by atoms with Gasteiger partial charge in [-0.3, -0.25) is 0 Å². The van der Waals surface area contributed by atoms with E-state index in [1.54, 1.807) is 12.1 Å². The minimum atomic E-state index is -1.48. The molecular formula is C11H14BrNO3. The topological polar surface area (TPSA) is 83.5 Å². The number of hydrogen-bond acceptors (Lipinski definition) is 3. The Kier molecular flexibility index (Phi) is 4.76. The van der Waals surface area contributed by atoms with Gasteiger partial charge < -0.3 is 15.9 Å². The average molecular weight is 288 g/mol. The minimum Gasteiger partial charge on any atom is -0.479 e. The molecule has 0 spiro atoms. The molecule has 1 aromatic carbocycles. The van der Waals surface area contributed by atoms with Gasteiger partial charge in [-0.2, -0.15) is 0 Å². The summed E-state index contributed by atoms with van der Waals surface area (Å²) in [6, 6.07) is 4.81. The largest absolute Gasteiger partial charge is 0.479 e. The van der Waals surface area contributed by atoms with E-state index < -0.39 is 12.1 Å². The van der Waals surface area contributed by atoms with Gasteiger partial charge in [0.25, 0.3) is 0 Å². The molecule has 0 radical (unpaired) electrons. The number of aliphatic hydroxyl groups excluding tert-OH is 1. The monoisotopic (exact) mass is 287 g/mol. The van der Waals surface area contributed by atoms with Crippen LogP contribution in [0.5, 0.6) is 0 Å². The predicted octanol–water partition coefficient (Wildman–Crippen LogP) is 1.71. The normalized spacial score (nSPS) is 12.4. The number of benzene rings is 1. The standard InChI is InChI=1S/C11H14BrNO3/c12-5-1-2-7-6-8(3-4-9(7)13)10(14)11(15)16/h3-4,6,10,14H,1-2,5,13H2,(H,15,16). The Labute approximate surface area is 102 Å². The average Bonchev–Trinajstić information content (AvgIpc) is 2.27. The van der Waals surface area contributed by atoms with E-state index in [4.69, 9.17) is 10.8 Å². The van der Waals surface area contributed by atoms with Crippen LogP contribution < -0.4 is 5.73 Å². The first-order valence-corrected chi connectivity index (χ1v) is 6.03. The fraction of sp³-hybridized carbons (Fsp3) is 0.364. The Balaban J connectivity index is 2.92. The number of rotatable bonds is 5. The quantitative estimate of drug-likeness (QED) is 0.569. The van der Waals surface area contributed by atoms with E-state index >= 15 is 0 Å². The highest BCUT2D eigenvalue weighted by Gasteiger charge is 2.16. The van der Waals surface area contributed by atoms with Gasteiger partial charge >= 0.3 is 5.97 Å². The lowest BCUT2D eigenvalue weighted by Gasteiger charge is -2.10. The van der Waals surface area contributed by atoms with Crippen molar-refractivity contribution in [1.82, 2.24) is 0 Å². The second-order valence-corrected chi connectivity index (χ2v) is 4.28. The fourth-order valence-electron chi connectivity index (χ4n) is 1.41. The van der Waals surface area contributed by atoms with Gasteiger partial charge in [-0.15, -0.1) is 0 Å². The molecule has 4 nitrogen and oxygen atoms in total. The third-order valence-corrected chi connectivity index (χ3v) is 2.86. The summed E-state index contributed by atoms with van der Waals surface area (Å²) < 4.78 is 0. The van der Waals surface area contributed by atoms with Crippen molar-refractivity contribution in [3.05, 3.63) is 29.3 Å². The highest BCUT2D eigenvalue weighted by molar-refractivity contribution is 9.09. The number of alkyl halides is 1. The number of nitrogen functional groups attached to an aromatic ring is 1. The molecule has 0 fully saturated rings. The molecule has 0 saturated heterocycles. The summed E-state index contributed by atoms with van der Waals surface area (Å²) >= 11 is 3.32. The Hall–Kier alpha value is -1.07. The van der Waals surface area contributed by atoms with Gasteiger partial charge in [-0.1, -0.05) is 28.1 Å². The maximum atomic E-state index is 10.6. The zero-order valence-corrected chi connectivity index (χ0v) is 10.3. The predicted molar refractivity (Wildman–Crippen MR) is 65.6 cm³/mol. The van der Waals surface area contributed by atoms with Crippen molar-refractivity contribution in [2.75, 3.05) is 11.1 Å². The van der Waals surface area contributed by atoms with Crippen LogP contribution in [0.3, 0.4) is 0 Å². The van der Waals surface area contributed by atoms with Crippen molar-refractivity contribution >= 4 is 27.6 Å². The smallest absolute Gasteiger partial charge is 0.337 e. The van der Waals surface area contributed by atoms with Gasteiger partial charge in [0, 0.05) is 11.0 Å². The van der Waals surface area contributed by atoms with Crippen molar-refractivity contribution in [2.24, 2.45) is 0 Å². The van der Waals surface area contributed by atoms with Crippen LogP contribution in [0, 0.1) is 0 Å². The summed E-state index contributed by atoms with van der Waals surface area (Å²) in [4.78, 5) is 10.6. The Morgan fingerprint density at radius 1 is 1.50 bits per heavy atom. The van der Waals surface area contributed by atoms with Gasteiger partial charge in [0.15, 0.2) is 6.10 Å². The molecule has 0 saturated carbocycles. The van der Waals surface area contributed by atoms with Crippen molar-refractivity contribution < 1.29 is 15.0 Å². The van der Waals surface area contributed by atoms with Crippen molar-refractivity contribution in [3.8, 4) is 0 Å². The number of nitrogens with two attached hydrogens (primary N) is 1. The van der Waals surface area contributed by atoms with E-state index in [2.05, 4.69) is 15.9 Å². The molecule has 1 atom stereocenters. The second-order valence-electron chi connectivity index (χ2n) is 3.49. The molecule has 0 amide bonds. The van der Waals surface area contributed by atoms with Gasteiger partial charge in [0.2, 0.25) is 0 Å². The lowest BCUT2D eigenvalue weighted by atomic mass is 10.0. The molecule has 88 valence electrons. The SMILES string of the molecule is Nc1ccc(C(O)C(=O)O)cc1CCCBr. The van der Waals surface area contributed by atoms with Crippen LogP contribution in [-0.2, 0) is 11.2 Å². The molecule has 4 N–H and O–H groups in total. The molecule has 1 unspecified atom stereocenters. The number of halogens is 1. The highest BCUT2D eigenvalue weighted by atomic mass is 79.9. The van der Waals surface area contributed by atoms with Crippen LogP contribution in [0.25, 0.3) is 0 Å². The molecule has 0 aromatic heterocycles. The van der Waals surface area contributed by atoms with Gasteiger partial charge in [0.1, 0.15) is 0 Å². The van der Waals surface area contributed by atoms with Gasteiger partial charge in [-0.25, -0.2) is 4.79 Å². The first-order chi connectivity index (χ1) is 7.56. The van der Waals surface area contributed by atoms with Crippen LogP contribution in [-0.4, -0.2) is 21.5 Å². The zero-order valence-electron chi connectivity index (χ0n) is 8.69. The zero-order chi connectivity index (χ0) is 12.1. The van der Waals surface area contributed by atoms with E-state index in [0.29, 0.717) is 11.3 Å². The Morgan fingerprint density at radius 3 is 2.75 bits per heavy atom. The molecule has 1 aromatic rings. The Morgan fingerprint density at radius 2 is 2.19 bits per heavy atom. The number of anilines is 1. The number of hydrogen-bond donors (Lipinski definition) is 3. The van der Waals surface area contributed by atoms with E-state index in [1.807, 2.05) is 0 Å². The highest BCUT2D eigenvalue weighted by Crippen LogP contribution is 2.21. The molecule has 5 heteroatoms. The molecule has 16 heavy (non-hydrogen) atoms. The molecule has 0 aliphatic rings. The van der Waals surface area contributed by atoms with Crippen molar-refractivity contribution in [1.29, 1.82) is 0 Å². The van der Waals surface area contributed by atoms with Crippen LogP contribution >= 0.6 is 15.9 Å². The maximum absolute atomic E-state index is 10.6. The number of carboxylic acids is 1. The molecule has 0 bridgehead atoms. The van der Waals surface area contributed by atoms with Crippen LogP contribution in [0.1, 0.15) is 23.7 Å². The number of aliphatic carboxylic acids is 1. The molecule has 0 aliphatic carbocycles. The minimum absolute atomic E-state index is 0.367. The molecule has 1 rings (SSSR count). The first-order valence-electron chi connectivity index (χ1n) is 4.91. The summed E-state index contributed by atoms with van der Waals surface area (Å²) in [7, 11) is 0. The van der Waals surface area contributed by atoms with E-state index in [0.717, 1.165) is 23.7 Å². The summed E-state index contributed by atoms with van der Waals surface area (Å²) in [5.74, 6) is -1.25.